The van der Waals surface area contributed by atoms with Gasteiger partial charge in [-0.1, -0.05) is 12.1 Å². The molecule has 0 saturated heterocycles. The summed E-state index contributed by atoms with van der Waals surface area (Å²) in [4.78, 5) is 13.2. The number of hydrogen-bond acceptors (Lipinski definition) is 2. The molecule has 0 aliphatic carbocycles. The lowest BCUT2D eigenvalue weighted by molar-refractivity contribution is -0.115. The van der Waals surface area contributed by atoms with Gasteiger partial charge in [-0.25, -0.2) is 4.39 Å². The van der Waals surface area contributed by atoms with Crippen molar-refractivity contribution < 1.29 is 9.18 Å². The maximum atomic E-state index is 13.1. The van der Waals surface area contributed by atoms with Crippen molar-refractivity contribution in [2.75, 3.05) is 5.32 Å². The van der Waals surface area contributed by atoms with Crippen LogP contribution in [0.3, 0.4) is 0 Å². The molecule has 2 aromatic carbocycles. The quantitative estimate of drug-likeness (QED) is 0.839. The SMILES string of the molecule is Cc1ccc(S[C@@H](C)C(=O)Nc2cccc(F)c2)cc1C. The van der Waals surface area contributed by atoms with Gasteiger partial charge in [-0.3, -0.25) is 4.79 Å². The van der Waals surface area contributed by atoms with Gasteiger partial charge in [0, 0.05) is 10.6 Å². The molecular weight excluding hydrogens is 285 g/mol. The van der Waals surface area contributed by atoms with E-state index in [-0.39, 0.29) is 17.0 Å². The Hall–Kier alpha value is -1.81. The van der Waals surface area contributed by atoms with Crippen LogP contribution in [-0.4, -0.2) is 11.2 Å². The van der Waals surface area contributed by atoms with Crippen molar-refractivity contribution in [1.82, 2.24) is 0 Å². The van der Waals surface area contributed by atoms with E-state index in [1.807, 2.05) is 13.0 Å². The minimum Gasteiger partial charge on any atom is -0.325 e. The molecule has 0 heterocycles. The van der Waals surface area contributed by atoms with Gasteiger partial charge < -0.3 is 5.32 Å². The third-order valence-corrected chi connectivity index (χ3v) is 4.35. The molecule has 0 unspecified atom stereocenters. The number of amides is 1. The topological polar surface area (TPSA) is 29.1 Å². The molecule has 2 aromatic rings. The molecule has 21 heavy (non-hydrogen) atoms. The first-order valence-corrected chi connectivity index (χ1v) is 7.64. The Morgan fingerprint density at radius 3 is 2.57 bits per heavy atom. The van der Waals surface area contributed by atoms with Crippen molar-refractivity contribution in [2.45, 2.75) is 30.9 Å². The smallest absolute Gasteiger partial charge is 0.237 e. The number of anilines is 1. The highest BCUT2D eigenvalue weighted by atomic mass is 32.2. The number of halogens is 1. The standard InChI is InChI=1S/C17H18FNOS/c1-11-7-8-16(9-12(11)2)21-13(3)17(20)19-15-6-4-5-14(18)10-15/h4-10,13H,1-3H3,(H,19,20)/t13-/m0/s1. The van der Waals surface area contributed by atoms with Crippen molar-refractivity contribution in [3.8, 4) is 0 Å². The van der Waals surface area contributed by atoms with Gasteiger partial charge in [-0.2, -0.15) is 0 Å². The molecule has 0 saturated carbocycles. The Morgan fingerprint density at radius 2 is 1.90 bits per heavy atom. The zero-order valence-electron chi connectivity index (χ0n) is 12.3. The number of hydrogen-bond donors (Lipinski definition) is 1. The van der Waals surface area contributed by atoms with E-state index >= 15 is 0 Å². The summed E-state index contributed by atoms with van der Waals surface area (Å²) in [6.07, 6.45) is 0. The van der Waals surface area contributed by atoms with Crippen LogP contribution < -0.4 is 5.32 Å². The molecule has 0 fully saturated rings. The van der Waals surface area contributed by atoms with E-state index in [1.54, 1.807) is 12.1 Å². The Bertz CT molecular complexity index is 657. The maximum absolute atomic E-state index is 13.1. The third kappa shape index (κ3) is 4.33. The average Bonchev–Trinajstić information content (AvgIpc) is 2.43. The average molecular weight is 303 g/mol. The highest BCUT2D eigenvalue weighted by Gasteiger charge is 2.15. The van der Waals surface area contributed by atoms with Crippen molar-refractivity contribution in [2.24, 2.45) is 0 Å². The van der Waals surface area contributed by atoms with Gasteiger partial charge in [-0.05, 0) is 62.2 Å². The first kappa shape index (κ1) is 15.6. The molecule has 110 valence electrons. The Morgan fingerprint density at radius 1 is 1.14 bits per heavy atom. The third-order valence-electron chi connectivity index (χ3n) is 3.25. The van der Waals surface area contributed by atoms with E-state index in [4.69, 9.17) is 0 Å². The predicted molar refractivity (Wildman–Crippen MR) is 86.3 cm³/mol. The van der Waals surface area contributed by atoms with Crippen LogP contribution in [0.2, 0.25) is 0 Å². The maximum Gasteiger partial charge on any atom is 0.237 e. The summed E-state index contributed by atoms with van der Waals surface area (Å²) in [7, 11) is 0. The van der Waals surface area contributed by atoms with Crippen LogP contribution in [0.5, 0.6) is 0 Å². The van der Waals surface area contributed by atoms with Crippen molar-refractivity contribution >= 4 is 23.4 Å². The number of carbonyl (C=O) groups excluding carboxylic acids is 1. The van der Waals surface area contributed by atoms with E-state index in [0.29, 0.717) is 5.69 Å². The molecule has 0 bridgehead atoms. The molecule has 1 N–H and O–H groups in total. The first-order valence-electron chi connectivity index (χ1n) is 6.76. The monoisotopic (exact) mass is 303 g/mol. The molecule has 0 aromatic heterocycles. The molecule has 0 aliphatic rings. The van der Waals surface area contributed by atoms with Crippen LogP contribution >= 0.6 is 11.8 Å². The van der Waals surface area contributed by atoms with Crippen LogP contribution in [-0.2, 0) is 4.79 Å². The van der Waals surface area contributed by atoms with Gasteiger partial charge in [0.1, 0.15) is 5.82 Å². The first-order chi connectivity index (χ1) is 9.95. The van der Waals surface area contributed by atoms with Crippen LogP contribution in [0.25, 0.3) is 0 Å². The number of nitrogens with one attached hydrogen (secondary N) is 1. The molecule has 2 nitrogen and oxygen atoms in total. The lowest BCUT2D eigenvalue weighted by Crippen LogP contribution is -2.22. The molecule has 4 heteroatoms. The second-order valence-corrected chi connectivity index (χ2v) is 6.42. The van der Waals surface area contributed by atoms with Crippen LogP contribution in [0.4, 0.5) is 10.1 Å². The van der Waals surface area contributed by atoms with Crippen LogP contribution in [0.15, 0.2) is 47.4 Å². The van der Waals surface area contributed by atoms with E-state index in [0.717, 1.165) is 4.90 Å². The fraction of sp³-hybridized carbons (Fsp3) is 0.235. The number of rotatable bonds is 4. The zero-order chi connectivity index (χ0) is 15.4. The highest BCUT2D eigenvalue weighted by molar-refractivity contribution is 8.00. The molecule has 0 spiro atoms. The fourth-order valence-electron chi connectivity index (χ4n) is 1.85. The van der Waals surface area contributed by atoms with Crippen molar-refractivity contribution in [3.05, 3.63) is 59.4 Å². The van der Waals surface area contributed by atoms with E-state index < -0.39 is 0 Å². The van der Waals surface area contributed by atoms with Gasteiger partial charge in [0.25, 0.3) is 0 Å². The van der Waals surface area contributed by atoms with Gasteiger partial charge >= 0.3 is 0 Å². The van der Waals surface area contributed by atoms with Gasteiger partial charge in [0.15, 0.2) is 0 Å². The van der Waals surface area contributed by atoms with Crippen LogP contribution in [0, 0.1) is 19.7 Å². The van der Waals surface area contributed by atoms with E-state index in [2.05, 4.69) is 31.3 Å². The van der Waals surface area contributed by atoms with Gasteiger partial charge in [-0.15, -0.1) is 11.8 Å². The van der Waals surface area contributed by atoms with Gasteiger partial charge in [0.05, 0.1) is 5.25 Å². The second kappa shape index (κ2) is 6.76. The van der Waals surface area contributed by atoms with Gasteiger partial charge in [0.2, 0.25) is 5.91 Å². The Labute approximate surface area is 128 Å². The summed E-state index contributed by atoms with van der Waals surface area (Å²) >= 11 is 1.49. The minimum atomic E-state index is -0.359. The van der Waals surface area contributed by atoms with E-state index in [9.17, 15) is 9.18 Å². The largest absolute Gasteiger partial charge is 0.325 e. The Kier molecular flexibility index (Phi) is 5.02. The molecule has 0 radical (unpaired) electrons. The normalized spacial score (nSPS) is 12.0. The molecule has 2 rings (SSSR count). The summed E-state index contributed by atoms with van der Waals surface area (Å²) in [5.41, 5.74) is 2.92. The summed E-state index contributed by atoms with van der Waals surface area (Å²) in [6, 6.07) is 12.1. The summed E-state index contributed by atoms with van der Waals surface area (Å²) in [5, 5.41) is 2.47. The highest BCUT2D eigenvalue weighted by Crippen LogP contribution is 2.26. The number of carbonyl (C=O) groups is 1. The van der Waals surface area contributed by atoms with Crippen LogP contribution in [0.1, 0.15) is 18.1 Å². The molecule has 1 amide bonds. The lowest BCUT2D eigenvalue weighted by Gasteiger charge is -2.13. The number of aryl methyl sites for hydroxylation is 2. The summed E-state index contributed by atoms with van der Waals surface area (Å²) < 4.78 is 13.1. The summed E-state index contributed by atoms with van der Waals surface area (Å²) in [6.45, 7) is 5.95. The molecule has 1 atom stereocenters. The van der Waals surface area contributed by atoms with Crippen molar-refractivity contribution in [1.29, 1.82) is 0 Å². The lowest BCUT2D eigenvalue weighted by atomic mass is 10.1. The zero-order valence-corrected chi connectivity index (χ0v) is 13.1. The van der Waals surface area contributed by atoms with Crippen molar-refractivity contribution in [3.63, 3.8) is 0 Å². The number of thioether (sulfide) groups is 1. The second-order valence-electron chi connectivity index (χ2n) is 5.01. The van der Waals surface area contributed by atoms with E-state index in [1.165, 1.54) is 35.0 Å². The summed E-state index contributed by atoms with van der Waals surface area (Å²) in [5.74, 6) is -0.494. The predicted octanol–water partition coefficient (Wildman–Crippen LogP) is 4.56. The fourth-order valence-corrected chi connectivity index (χ4v) is 2.82. The molecule has 0 aliphatic heterocycles. The molecular formula is C17H18FNOS. The number of benzene rings is 2. The Balaban J connectivity index is 2.00. The minimum absolute atomic E-state index is 0.135.